The normalized spacial score (nSPS) is 10.2. The average molecular weight is 157 g/mol. The highest BCUT2D eigenvalue weighted by Gasteiger charge is 2.02. The molecule has 0 aliphatic heterocycles. The standard InChI is InChI=1S/C3H7F.CH3O3P/c1-3(2)4;1-4-5(2)3/h3H,1-2H3;1H3/p+1. The minimum atomic E-state index is -2.35. The summed E-state index contributed by atoms with van der Waals surface area (Å²) in [5.74, 6) is 0. The van der Waals surface area contributed by atoms with Crippen molar-refractivity contribution in [3.05, 3.63) is 0 Å². The minimum absolute atomic E-state index is 0.667. The summed E-state index contributed by atoms with van der Waals surface area (Å²) in [6.45, 7) is 3.00. The van der Waals surface area contributed by atoms with Crippen molar-refractivity contribution in [1.29, 1.82) is 0 Å². The van der Waals surface area contributed by atoms with Crippen LogP contribution in [0.15, 0.2) is 0 Å². The van der Waals surface area contributed by atoms with Crippen molar-refractivity contribution in [2.24, 2.45) is 0 Å². The van der Waals surface area contributed by atoms with Crippen molar-refractivity contribution >= 4 is 8.25 Å². The molecule has 0 rings (SSSR count). The first-order valence-electron chi connectivity index (χ1n) is 2.35. The molecule has 1 atom stereocenters. The van der Waals surface area contributed by atoms with Crippen LogP contribution < -0.4 is 0 Å². The van der Waals surface area contributed by atoms with E-state index in [9.17, 15) is 8.96 Å². The topological polar surface area (TPSA) is 46.5 Å². The zero-order valence-corrected chi connectivity index (χ0v) is 6.56. The van der Waals surface area contributed by atoms with Crippen molar-refractivity contribution in [2.75, 3.05) is 7.11 Å². The Labute approximate surface area is 54.8 Å². The van der Waals surface area contributed by atoms with Gasteiger partial charge >= 0.3 is 8.25 Å². The largest absolute Gasteiger partial charge is 0.694 e. The number of rotatable bonds is 1. The maximum atomic E-state index is 11.0. The summed E-state index contributed by atoms with van der Waals surface area (Å²) < 4.78 is 24.1. The van der Waals surface area contributed by atoms with Crippen LogP contribution in [-0.4, -0.2) is 18.2 Å². The van der Waals surface area contributed by atoms with Crippen LogP contribution in [-0.2, 0) is 9.09 Å². The Kier molecular flexibility index (Phi) is 10.3. The van der Waals surface area contributed by atoms with Gasteiger partial charge in [-0.1, -0.05) is 0 Å². The van der Waals surface area contributed by atoms with Crippen molar-refractivity contribution in [3.8, 4) is 0 Å². The zero-order valence-electron chi connectivity index (χ0n) is 5.67. The van der Waals surface area contributed by atoms with Crippen LogP contribution in [0.3, 0.4) is 0 Å². The van der Waals surface area contributed by atoms with Crippen LogP contribution in [0.2, 0.25) is 0 Å². The molecule has 0 fully saturated rings. The predicted octanol–water partition coefficient (Wildman–Crippen LogP) is 1.65. The SMILES string of the molecule is CC(C)F.CO[P+](=O)O. The van der Waals surface area contributed by atoms with Gasteiger partial charge in [0.15, 0.2) is 0 Å². The van der Waals surface area contributed by atoms with Gasteiger partial charge in [-0.2, -0.15) is 0 Å². The van der Waals surface area contributed by atoms with Crippen LogP contribution in [0.25, 0.3) is 0 Å². The summed E-state index contributed by atoms with van der Waals surface area (Å²) in [4.78, 5) is 7.65. The van der Waals surface area contributed by atoms with Crippen LogP contribution in [0.5, 0.6) is 0 Å². The van der Waals surface area contributed by atoms with E-state index in [1.54, 1.807) is 0 Å². The van der Waals surface area contributed by atoms with Crippen molar-refractivity contribution in [1.82, 2.24) is 0 Å². The molecule has 9 heavy (non-hydrogen) atoms. The molecule has 0 saturated carbocycles. The van der Waals surface area contributed by atoms with Gasteiger partial charge in [0.05, 0.1) is 13.3 Å². The van der Waals surface area contributed by atoms with E-state index in [0.717, 1.165) is 0 Å². The molecule has 0 aromatic carbocycles. The first kappa shape index (κ1) is 11.7. The molecule has 3 nitrogen and oxygen atoms in total. The van der Waals surface area contributed by atoms with Gasteiger partial charge in [0, 0.05) is 4.57 Å². The zero-order chi connectivity index (χ0) is 7.86. The molecule has 0 amide bonds. The van der Waals surface area contributed by atoms with E-state index in [4.69, 9.17) is 4.89 Å². The van der Waals surface area contributed by atoms with E-state index < -0.39 is 14.4 Å². The van der Waals surface area contributed by atoms with Gasteiger partial charge in [-0.3, -0.25) is 0 Å². The van der Waals surface area contributed by atoms with Crippen molar-refractivity contribution < 1.29 is 18.4 Å². The second kappa shape index (κ2) is 7.95. The molecule has 0 aliphatic rings. The summed E-state index contributed by atoms with van der Waals surface area (Å²) >= 11 is 0. The lowest BCUT2D eigenvalue weighted by atomic mass is 10.5. The Morgan fingerprint density at radius 1 is 1.67 bits per heavy atom. The molecule has 56 valence electrons. The fourth-order valence-corrected chi connectivity index (χ4v) is 0. The lowest BCUT2D eigenvalue weighted by molar-refractivity contribution is 0.343. The number of halogens is 1. The third-order valence-electron chi connectivity index (χ3n) is 0.156. The Morgan fingerprint density at radius 3 is 1.78 bits per heavy atom. The molecule has 0 spiro atoms. The van der Waals surface area contributed by atoms with E-state index in [1.165, 1.54) is 21.0 Å². The van der Waals surface area contributed by atoms with Crippen LogP contribution in [0, 0.1) is 0 Å². The van der Waals surface area contributed by atoms with E-state index >= 15 is 0 Å². The van der Waals surface area contributed by atoms with Crippen LogP contribution in [0.1, 0.15) is 13.8 Å². The minimum Gasteiger partial charge on any atom is -0.248 e. The lowest BCUT2D eigenvalue weighted by Gasteiger charge is -1.74. The Bertz CT molecular complexity index is 73.5. The Hall–Kier alpha value is -0.0500. The summed E-state index contributed by atoms with van der Waals surface area (Å²) in [6, 6.07) is 0. The molecule has 0 bridgehead atoms. The molecule has 1 N–H and O–H groups in total. The number of hydrogen-bond acceptors (Lipinski definition) is 2. The Balaban J connectivity index is 0. The number of alkyl halides is 1. The van der Waals surface area contributed by atoms with Gasteiger partial charge < -0.3 is 0 Å². The van der Waals surface area contributed by atoms with E-state index in [0.29, 0.717) is 0 Å². The van der Waals surface area contributed by atoms with E-state index in [-0.39, 0.29) is 0 Å². The second-order valence-electron chi connectivity index (χ2n) is 1.43. The smallest absolute Gasteiger partial charge is 0.248 e. The lowest BCUT2D eigenvalue weighted by Crippen LogP contribution is -1.73. The van der Waals surface area contributed by atoms with Crippen molar-refractivity contribution in [2.45, 2.75) is 20.0 Å². The number of hydrogen-bond donors (Lipinski definition) is 1. The second-order valence-corrected chi connectivity index (χ2v) is 2.28. The molecule has 0 saturated heterocycles. The molecule has 5 heteroatoms. The fourth-order valence-electron chi connectivity index (χ4n) is 0. The molecule has 0 aromatic rings. The molecular formula is C4H11FO3P+. The van der Waals surface area contributed by atoms with Gasteiger partial charge in [0.2, 0.25) is 0 Å². The quantitative estimate of drug-likeness (QED) is 0.588. The highest BCUT2D eigenvalue weighted by Crippen LogP contribution is 2.09. The molecule has 0 radical (unpaired) electrons. The highest BCUT2D eigenvalue weighted by atomic mass is 31.1. The first-order chi connectivity index (χ1) is 4.00. The molecule has 1 unspecified atom stereocenters. The molecule has 0 aliphatic carbocycles. The maximum absolute atomic E-state index is 11.0. The van der Waals surface area contributed by atoms with Gasteiger partial charge in [-0.05, 0) is 13.8 Å². The van der Waals surface area contributed by atoms with Gasteiger partial charge in [0.1, 0.15) is 0 Å². The Morgan fingerprint density at radius 2 is 1.78 bits per heavy atom. The average Bonchev–Trinajstić information content (AvgIpc) is 1.65. The monoisotopic (exact) mass is 157 g/mol. The van der Waals surface area contributed by atoms with Crippen molar-refractivity contribution in [3.63, 3.8) is 0 Å². The summed E-state index contributed by atoms with van der Waals surface area (Å²) in [5.41, 5.74) is 0. The van der Waals surface area contributed by atoms with Crippen LogP contribution in [0.4, 0.5) is 4.39 Å². The van der Waals surface area contributed by atoms with Crippen LogP contribution >= 0.6 is 8.25 Å². The van der Waals surface area contributed by atoms with Gasteiger partial charge in [-0.15, -0.1) is 9.42 Å². The van der Waals surface area contributed by atoms with Gasteiger partial charge in [-0.25, -0.2) is 4.39 Å². The molecular weight excluding hydrogens is 146 g/mol. The summed E-state index contributed by atoms with van der Waals surface area (Å²) in [7, 11) is -1.18. The predicted molar refractivity (Wildman–Crippen MR) is 33.1 cm³/mol. The van der Waals surface area contributed by atoms with E-state index in [1.807, 2.05) is 0 Å². The van der Waals surface area contributed by atoms with E-state index in [2.05, 4.69) is 4.52 Å². The maximum Gasteiger partial charge on any atom is 0.694 e. The molecule has 0 heterocycles. The first-order valence-corrected chi connectivity index (χ1v) is 3.48. The molecule has 0 aromatic heterocycles. The fraction of sp³-hybridized carbons (Fsp3) is 1.00. The third-order valence-corrected chi connectivity index (χ3v) is 0.469. The van der Waals surface area contributed by atoms with Gasteiger partial charge in [0.25, 0.3) is 0 Å². The summed E-state index contributed by atoms with van der Waals surface area (Å²) in [5, 5.41) is 0. The summed E-state index contributed by atoms with van der Waals surface area (Å²) in [6.07, 6.45) is -0.667. The highest BCUT2D eigenvalue weighted by molar-refractivity contribution is 7.32. The third kappa shape index (κ3) is 74.0.